The van der Waals surface area contributed by atoms with Gasteiger partial charge in [0.15, 0.2) is 5.58 Å². The molecule has 9 heteroatoms. The largest absolute Gasteiger partial charge is 1.00 e. The molecule has 0 N–H and O–H groups in total. The zero-order valence-corrected chi connectivity index (χ0v) is 18.8. The number of fused-ring (bicyclic) bond motifs is 1. The molecule has 1 heterocycles. The molecule has 0 saturated carbocycles. The van der Waals surface area contributed by atoms with E-state index >= 15 is 0 Å². The second-order valence-corrected chi connectivity index (χ2v) is 4.82. The van der Waals surface area contributed by atoms with Crippen LogP contribution in [-0.2, 0) is 9.59 Å². The Kier molecular flexibility index (Phi) is 11.6. The third-order valence-electron chi connectivity index (χ3n) is 2.43. The summed E-state index contributed by atoms with van der Waals surface area (Å²) >= 11 is 1.03. The number of carbonyl (C=O) groups is 2. The summed E-state index contributed by atoms with van der Waals surface area (Å²) in [7, 11) is 0. The van der Waals surface area contributed by atoms with Crippen molar-refractivity contribution in [1.29, 1.82) is 0 Å². The van der Waals surface area contributed by atoms with Gasteiger partial charge in [-0.1, -0.05) is 23.9 Å². The predicted octanol–water partition coefficient (Wildman–Crippen LogP) is -6.57. The molecule has 2 rings (SSSR count). The van der Waals surface area contributed by atoms with Gasteiger partial charge in [0.05, 0.1) is 0 Å². The van der Waals surface area contributed by atoms with Gasteiger partial charge in [-0.15, -0.1) is 0 Å². The van der Waals surface area contributed by atoms with Gasteiger partial charge in [-0.3, -0.25) is 0 Å². The first-order valence-electron chi connectivity index (χ1n) is 5.45. The minimum absolute atomic E-state index is 0. The smallest absolute Gasteiger partial charge is 0.550 e. The molecule has 1 unspecified atom stereocenters. The molecule has 0 spiro atoms. The van der Waals surface area contributed by atoms with Crippen molar-refractivity contribution in [3.05, 3.63) is 24.3 Å². The zero-order valence-electron chi connectivity index (χ0n) is 11.7. The summed E-state index contributed by atoms with van der Waals surface area (Å²) in [6.07, 6.45) is -0.588. The van der Waals surface area contributed by atoms with Crippen molar-refractivity contribution in [3.63, 3.8) is 0 Å². The van der Waals surface area contributed by atoms with Crippen LogP contribution in [0.25, 0.3) is 11.1 Å². The molecule has 21 heavy (non-hydrogen) atoms. The summed E-state index contributed by atoms with van der Waals surface area (Å²) in [6, 6.07) is 7.10. The Bertz CT molecular complexity index is 585. The summed E-state index contributed by atoms with van der Waals surface area (Å²) in [6.45, 7) is 0. The molecule has 0 amide bonds. The van der Waals surface area contributed by atoms with Gasteiger partial charge in [0.2, 0.25) is 0 Å². The first-order valence-corrected chi connectivity index (χ1v) is 6.44. The number of nitrogens with zero attached hydrogens (tertiary/aromatic N) is 1. The fourth-order valence-electron chi connectivity index (χ4n) is 1.50. The number of carbonyl (C=O) groups excluding carboxylic acids is 2. The molecule has 0 bridgehead atoms. The third-order valence-corrected chi connectivity index (χ3v) is 3.42. The van der Waals surface area contributed by atoms with Crippen LogP contribution in [-0.4, -0.2) is 22.7 Å². The van der Waals surface area contributed by atoms with Crippen molar-refractivity contribution in [1.82, 2.24) is 4.98 Å². The average Bonchev–Trinajstić information content (AvgIpc) is 2.76. The molecule has 0 fully saturated rings. The molecule has 1 aromatic heterocycles. The molecule has 1 atom stereocenters. The Labute approximate surface area is 210 Å². The van der Waals surface area contributed by atoms with Gasteiger partial charge in [-0.05, 0) is 18.6 Å². The van der Waals surface area contributed by atoms with Crippen LogP contribution in [0, 0.1) is 5.92 Å². The number of oxazole rings is 1. The van der Waals surface area contributed by atoms with Gasteiger partial charge in [0, 0.05) is 23.6 Å². The van der Waals surface area contributed by atoms with E-state index in [2.05, 4.69) is 4.98 Å². The number of hydrogen-bond donors (Lipinski definition) is 0. The summed E-state index contributed by atoms with van der Waals surface area (Å²) in [5, 5.41) is 21.5. The van der Waals surface area contributed by atoms with E-state index in [0.717, 1.165) is 11.8 Å². The molecular weight excluding hydrogens is 348 g/mol. The minimum atomic E-state index is -1.42. The van der Waals surface area contributed by atoms with Crippen LogP contribution in [0.1, 0.15) is 6.42 Å². The Morgan fingerprint density at radius 1 is 1.24 bits per heavy atom. The number of carboxylic acid groups (broad SMARTS) is 2. The zero-order chi connectivity index (χ0) is 13.8. The van der Waals surface area contributed by atoms with Crippen LogP contribution < -0.4 is 113 Å². The maximum Gasteiger partial charge on any atom is 1.00 e. The van der Waals surface area contributed by atoms with Crippen LogP contribution >= 0.6 is 11.8 Å². The summed E-state index contributed by atoms with van der Waals surface area (Å²) in [5.41, 5.74) is 1.25. The maximum absolute atomic E-state index is 10.8. The number of benzene rings is 1. The Hall–Kier alpha value is 1.25. The number of rotatable bonds is 6. The molecule has 0 aliphatic rings. The SMILES string of the molecule is O=C([O-])CC(CSc1nc2ccccc2o1)C(=O)[O-].[K+].[K+]. The molecule has 2 aromatic rings. The predicted molar refractivity (Wildman–Crippen MR) is 62.9 cm³/mol. The van der Waals surface area contributed by atoms with Gasteiger partial charge in [0.25, 0.3) is 5.22 Å². The molecule has 0 radical (unpaired) electrons. The van der Waals surface area contributed by atoms with E-state index in [0.29, 0.717) is 16.3 Å². The van der Waals surface area contributed by atoms with Crippen LogP contribution in [0.15, 0.2) is 33.9 Å². The fourth-order valence-corrected chi connectivity index (χ4v) is 2.41. The number of carboxylic acids is 2. The normalized spacial score (nSPS) is 11.2. The van der Waals surface area contributed by atoms with Gasteiger partial charge in [-0.2, -0.15) is 0 Å². The first-order chi connectivity index (χ1) is 9.06. The second-order valence-electron chi connectivity index (χ2n) is 3.85. The molecule has 0 saturated heterocycles. The quantitative estimate of drug-likeness (QED) is 0.374. The van der Waals surface area contributed by atoms with Crippen LogP contribution in [0.4, 0.5) is 0 Å². The van der Waals surface area contributed by atoms with E-state index in [1.807, 2.05) is 0 Å². The van der Waals surface area contributed by atoms with E-state index in [1.165, 1.54) is 0 Å². The molecular formula is C12H9K2NO5S. The van der Waals surface area contributed by atoms with Gasteiger partial charge in [-0.25, -0.2) is 4.98 Å². The Balaban J connectivity index is 0.00000200. The van der Waals surface area contributed by atoms with E-state index in [-0.39, 0.29) is 109 Å². The second kappa shape index (κ2) is 10.9. The van der Waals surface area contributed by atoms with Crippen molar-refractivity contribution >= 4 is 34.8 Å². The van der Waals surface area contributed by atoms with E-state index in [1.54, 1.807) is 24.3 Å². The first kappa shape index (κ1) is 22.3. The van der Waals surface area contributed by atoms with Crippen LogP contribution in [0.2, 0.25) is 0 Å². The van der Waals surface area contributed by atoms with Gasteiger partial charge < -0.3 is 24.2 Å². The number of para-hydroxylation sites is 2. The van der Waals surface area contributed by atoms with E-state index in [9.17, 15) is 19.8 Å². The number of thioether (sulfide) groups is 1. The van der Waals surface area contributed by atoms with Gasteiger partial charge >= 0.3 is 103 Å². The third kappa shape index (κ3) is 7.12. The fraction of sp³-hybridized carbons (Fsp3) is 0.250. The summed E-state index contributed by atoms with van der Waals surface area (Å²) < 4.78 is 5.38. The molecule has 6 nitrogen and oxygen atoms in total. The maximum atomic E-state index is 10.8. The molecule has 100 valence electrons. The van der Waals surface area contributed by atoms with Crippen molar-refractivity contribution in [3.8, 4) is 0 Å². The van der Waals surface area contributed by atoms with Crippen molar-refractivity contribution in [2.75, 3.05) is 5.75 Å². The van der Waals surface area contributed by atoms with Crippen molar-refractivity contribution < 1.29 is 127 Å². The Morgan fingerprint density at radius 3 is 2.48 bits per heavy atom. The summed E-state index contributed by atoms with van der Waals surface area (Å²) in [5.74, 6) is -3.98. The number of hydrogen-bond acceptors (Lipinski definition) is 7. The molecule has 1 aromatic carbocycles. The van der Waals surface area contributed by atoms with Crippen LogP contribution in [0.3, 0.4) is 0 Å². The van der Waals surface area contributed by atoms with Crippen molar-refractivity contribution in [2.24, 2.45) is 5.92 Å². The minimum Gasteiger partial charge on any atom is -0.550 e. The van der Waals surface area contributed by atoms with Crippen LogP contribution in [0.5, 0.6) is 0 Å². The number of aromatic nitrogens is 1. The molecule has 0 aliphatic heterocycles. The number of aliphatic carboxylic acids is 2. The van der Waals surface area contributed by atoms with Crippen molar-refractivity contribution in [2.45, 2.75) is 11.6 Å². The van der Waals surface area contributed by atoms with Gasteiger partial charge in [0.1, 0.15) is 5.52 Å². The standard InChI is InChI=1S/C12H11NO5S.2K/c14-10(15)5-7(11(16)17)6-19-12-13-8-3-1-2-4-9(8)18-12;;/h1-4,7H,5-6H2,(H,14,15)(H,16,17);;/q;2*+1/p-2. The molecule has 0 aliphatic carbocycles. The topological polar surface area (TPSA) is 106 Å². The average molecular weight is 357 g/mol. The van der Waals surface area contributed by atoms with E-state index in [4.69, 9.17) is 4.42 Å². The van der Waals surface area contributed by atoms with E-state index < -0.39 is 24.3 Å². The Morgan fingerprint density at radius 2 is 1.90 bits per heavy atom. The monoisotopic (exact) mass is 357 g/mol. The summed E-state index contributed by atoms with van der Waals surface area (Å²) in [4.78, 5) is 25.3.